The third kappa shape index (κ3) is 3.98. The van der Waals surface area contributed by atoms with Crippen LogP contribution in [0.25, 0.3) is 10.9 Å². The summed E-state index contributed by atoms with van der Waals surface area (Å²) in [5.74, 6) is 1.36. The molecule has 0 spiro atoms. The van der Waals surface area contributed by atoms with Gasteiger partial charge in [-0.2, -0.15) is 0 Å². The lowest BCUT2D eigenvalue weighted by molar-refractivity contribution is 0.252. The number of amides is 2. The fraction of sp³-hybridized carbons (Fsp3) is 0.167. The summed E-state index contributed by atoms with van der Waals surface area (Å²) in [6.45, 7) is 2.96. The number of pyridine rings is 2. The predicted octanol–water partition coefficient (Wildman–Crippen LogP) is 3.17. The molecule has 1 aromatic carbocycles. The van der Waals surface area contributed by atoms with E-state index in [1.54, 1.807) is 6.20 Å². The zero-order valence-corrected chi connectivity index (χ0v) is 13.4. The van der Waals surface area contributed by atoms with Crippen molar-refractivity contribution < 1.29 is 4.79 Å². The predicted molar refractivity (Wildman–Crippen MR) is 96.2 cm³/mol. The lowest BCUT2D eigenvalue weighted by Crippen LogP contribution is -2.33. The van der Waals surface area contributed by atoms with E-state index in [9.17, 15) is 4.79 Å². The van der Waals surface area contributed by atoms with E-state index in [-0.39, 0.29) is 6.03 Å². The van der Waals surface area contributed by atoms with Crippen molar-refractivity contribution in [3.05, 3.63) is 60.3 Å². The summed E-state index contributed by atoms with van der Waals surface area (Å²) >= 11 is 0. The van der Waals surface area contributed by atoms with Crippen LogP contribution in [0.5, 0.6) is 0 Å². The van der Waals surface area contributed by atoms with Crippen LogP contribution in [0.15, 0.2) is 54.7 Å². The Hall–Kier alpha value is -3.15. The molecule has 2 heterocycles. The third-order valence-corrected chi connectivity index (χ3v) is 3.56. The lowest BCUT2D eigenvalue weighted by Gasteiger charge is -2.10. The highest BCUT2D eigenvalue weighted by atomic mass is 16.2. The Labute approximate surface area is 140 Å². The number of rotatable bonds is 5. The summed E-state index contributed by atoms with van der Waals surface area (Å²) in [5, 5.41) is 9.82. The molecule has 0 saturated carbocycles. The molecule has 122 valence electrons. The molecule has 2 amide bonds. The molecule has 0 radical (unpaired) electrons. The second kappa shape index (κ2) is 7.41. The van der Waals surface area contributed by atoms with Crippen molar-refractivity contribution in [3.8, 4) is 0 Å². The van der Waals surface area contributed by atoms with Crippen LogP contribution in [-0.4, -0.2) is 29.1 Å². The summed E-state index contributed by atoms with van der Waals surface area (Å²) in [5.41, 5.74) is 1.87. The number of benzene rings is 1. The average Bonchev–Trinajstić information content (AvgIpc) is 2.60. The highest BCUT2D eigenvalue weighted by Gasteiger charge is 2.04. The molecule has 3 rings (SSSR count). The molecule has 0 aliphatic rings. The van der Waals surface area contributed by atoms with Crippen LogP contribution < -0.4 is 16.0 Å². The third-order valence-electron chi connectivity index (χ3n) is 3.56. The van der Waals surface area contributed by atoms with E-state index >= 15 is 0 Å². The minimum Gasteiger partial charge on any atom is -0.368 e. The maximum absolute atomic E-state index is 11.8. The number of carbonyl (C=O) groups is 1. The van der Waals surface area contributed by atoms with Crippen LogP contribution in [0.2, 0.25) is 0 Å². The molecule has 0 saturated heterocycles. The van der Waals surface area contributed by atoms with Crippen molar-refractivity contribution >= 4 is 28.6 Å². The quantitative estimate of drug-likeness (QED) is 0.631. The van der Waals surface area contributed by atoms with Crippen LogP contribution >= 0.6 is 0 Å². The highest BCUT2D eigenvalue weighted by Crippen LogP contribution is 2.14. The van der Waals surface area contributed by atoms with Gasteiger partial charge < -0.3 is 10.6 Å². The molecule has 0 fully saturated rings. The Morgan fingerprint density at radius 1 is 1.04 bits per heavy atom. The van der Waals surface area contributed by atoms with Gasteiger partial charge in [0, 0.05) is 24.7 Å². The Kier molecular flexibility index (Phi) is 4.86. The van der Waals surface area contributed by atoms with Crippen molar-refractivity contribution in [1.29, 1.82) is 0 Å². The number of nitrogens with one attached hydrogen (secondary N) is 3. The molecule has 0 bridgehead atoms. The van der Waals surface area contributed by atoms with Crippen molar-refractivity contribution in [2.45, 2.75) is 6.92 Å². The molecule has 3 aromatic rings. The fourth-order valence-corrected chi connectivity index (χ4v) is 2.30. The molecular weight excluding hydrogens is 302 g/mol. The number of carbonyl (C=O) groups excluding carboxylic acids is 1. The van der Waals surface area contributed by atoms with Crippen LogP contribution in [0.4, 0.5) is 16.4 Å². The number of nitrogens with zero attached hydrogens (tertiary/aromatic N) is 2. The molecule has 2 aromatic heterocycles. The molecule has 0 atom stereocenters. The maximum atomic E-state index is 11.8. The van der Waals surface area contributed by atoms with Gasteiger partial charge in [-0.05, 0) is 36.8 Å². The number of anilines is 2. The van der Waals surface area contributed by atoms with Crippen molar-refractivity contribution in [3.63, 3.8) is 0 Å². The molecule has 6 heteroatoms. The van der Waals surface area contributed by atoms with Gasteiger partial charge in [0.15, 0.2) is 0 Å². The zero-order valence-electron chi connectivity index (χ0n) is 13.4. The summed E-state index contributed by atoms with van der Waals surface area (Å²) in [7, 11) is 0. The molecule has 6 nitrogen and oxygen atoms in total. The Bertz CT molecular complexity index is 849. The van der Waals surface area contributed by atoms with Gasteiger partial charge >= 0.3 is 6.03 Å². The summed E-state index contributed by atoms with van der Waals surface area (Å²) in [6, 6.07) is 15.4. The smallest absolute Gasteiger partial charge is 0.320 e. The molecule has 0 aliphatic heterocycles. The first-order valence-electron chi connectivity index (χ1n) is 7.78. The van der Waals surface area contributed by atoms with Crippen molar-refractivity contribution in [1.82, 2.24) is 15.3 Å². The first-order chi connectivity index (χ1) is 11.7. The Morgan fingerprint density at radius 2 is 1.92 bits per heavy atom. The number of aromatic nitrogens is 2. The van der Waals surface area contributed by atoms with E-state index in [2.05, 4.69) is 25.9 Å². The lowest BCUT2D eigenvalue weighted by atomic mass is 10.2. The van der Waals surface area contributed by atoms with Crippen LogP contribution in [-0.2, 0) is 0 Å². The summed E-state index contributed by atoms with van der Waals surface area (Å²) in [4.78, 5) is 20.5. The van der Waals surface area contributed by atoms with E-state index in [0.29, 0.717) is 18.9 Å². The molecule has 0 aliphatic carbocycles. The van der Waals surface area contributed by atoms with E-state index in [1.165, 1.54) is 0 Å². The second-order valence-corrected chi connectivity index (χ2v) is 5.37. The van der Waals surface area contributed by atoms with Crippen LogP contribution in [0.3, 0.4) is 0 Å². The van der Waals surface area contributed by atoms with Crippen LogP contribution in [0, 0.1) is 6.92 Å². The SMILES string of the molecule is Cc1cccnc1NC(=O)NCCNc1ccc2ccccc2n1. The normalized spacial score (nSPS) is 10.4. The molecule has 24 heavy (non-hydrogen) atoms. The van der Waals surface area contributed by atoms with E-state index < -0.39 is 0 Å². The monoisotopic (exact) mass is 321 g/mol. The topological polar surface area (TPSA) is 78.9 Å². The second-order valence-electron chi connectivity index (χ2n) is 5.37. The summed E-state index contributed by atoms with van der Waals surface area (Å²) < 4.78 is 0. The molecule has 3 N–H and O–H groups in total. The van der Waals surface area contributed by atoms with Gasteiger partial charge in [0.05, 0.1) is 5.52 Å². The van der Waals surface area contributed by atoms with Gasteiger partial charge in [-0.3, -0.25) is 5.32 Å². The largest absolute Gasteiger partial charge is 0.368 e. The van der Waals surface area contributed by atoms with Gasteiger partial charge in [0.25, 0.3) is 0 Å². The molecule has 0 unspecified atom stereocenters. The van der Waals surface area contributed by atoms with E-state index in [1.807, 2.05) is 55.5 Å². The van der Waals surface area contributed by atoms with Crippen LogP contribution in [0.1, 0.15) is 5.56 Å². The number of fused-ring (bicyclic) bond motifs is 1. The number of para-hydroxylation sites is 1. The Balaban J connectivity index is 1.46. The van der Waals surface area contributed by atoms with Gasteiger partial charge in [-0.1, -0.05) is 24.3 Å². The van der Waals surface area contributed by atoms with Crippen molar-refractivity contribution in [2.75, 3.05) is 23.7 Å². The highest BCUT2D eigenvalue weighted by molar-refractivity contribution is 5.88. The zero-order chi connectivity index (χ0) is 16.8. The minimum absolute atomic E-state index is 0.273. The van der Waals surface area contributed by atoms with Gasteiger partial charge in [-0.25, -0.2) is 14.8 Å². The number of urea groups is 1. The number of hydrogen-bond acceptors (Lipinski definition) is 4. The van der Waals surface area contributed by atoms with Gasteiger partial charge in [0.1, 0.15) is 11.6 Å². The van der Waals surface area contributed by atoms with Gasteiger partial charge in [0.2, 0.25) is 0 Å². The number of hydrogen-bond donors (Lipinski definition) is 3. The summed E-state index contributed by atoms with van der Waals surface area (Å²) in [6.07, 6.45) is 1.65. The fourth-order valence-electron chi connectivity index (χ4n) is 2.30. The first-order valence-corrected chi connectivity index (χ1v) is 7.78. The minimum atomic E-state index is -0.273. The van der Waals surface area contributed by atoms with E-state index in [4.69, 9.17) is 0 Å². The number of aryl methyl sites for hydroxylation is 1. The Morgan fingerprint density at radius 3 is 2.79 bits per heavy atom. The first kappa shape index (κ1) is 15.7. The standard InChI is InChI=1S/C18H19N5O/c1-13-5-4-10-20-17(13)23-18(24)21-12-11-19-16-9-8-14-6-2-3-7-15(14)22-16/h2-10H,11-12H2,1H3,(H,19,22)(H2,20,21,23,24). The average molecular weight is 321 g/mol. The maximum Gasteiger partial charge on any atom is 0.320 e. The van der Waals surface area contributed by atoms with Crippen molar-refractivity contribution in [2.24, 2.45) is 0 Å². The van der Waals surface area contributed by atoms with Gasteiger partial charge in [-0.15, -0.1) is 0 Å². The molecular formula is C18H19N5O. The van der Waals surface area contributed by atoms with E-state index in [0.717, 1.165) is 22.3 Å².